The molecular weight excluding hydrogens is 328 g/mol. The maximum absolute atomic E-state index is 12.0. The van der Waals surface area contributed by atoms with Gasteiger partial charge in [0, 0.05) is 4.47 Å². The summed E-state index contributed by atoms with van der Waals surface area (Å²) >= 11 is 3.34. The highest BCUT2D eigenvalue weighted by Gasteiger charge is 2.08. The Morgan fingerprint density at radius 2 is 1.67 bits per heavy atom. The van der Waals surface area contributed by atoms with E-state index in [1.165, 1.54) is 24.8 Å². The Bertz CT molecular complexity index is 573. The lowest BCUT2D eigenvalue weighted by atomic mass is 10.1. The number of aryl methyl sites for hydroxylation is 1. The van der Waals surface area contributed by atoms with Crippen LogP contribution in [0.15, 0.2) is 53.0 Å². The van der Waals surface area contributed by atoms with E-state index in [-0.39, 0.29) is 5.97 Å². The summed E-state index contributed by atoms with van der Waals surface area (Å²) in [6.07, 6.45) is 4.76. The molecule has 0 saturated carbocycles. The molecule has 0 unspecified atom stereocenters. The van der Waals surface area contributed by atoms with Crippen molar-refractivity contribution in [2.24, 2.45) is 0 Å². The van der Waals surface area contributed by atoms with E-state index in [2.05, 4.69) is 22.9 Å². The molecule has 0 spiro atoms. The molecule has 110 valence electrons. The topological polar surface area (TPSA) is 26.3 Å². The van der Waals surface area contributed by atoms with Gasteiger partial charge in [0.1, 0.15) is 5.75 Å². The summed E-state index contributed by atoms with van der Waals surface area (Å²) in [5, 5.41) is 0. The Kier molecular flexibility index (Phi) is 6.00. The van der Waals surface area contributed by atoms with Crippen LogP contribution in [0.4, 0.5) is 0 Å². The van der Waals surface area contributed by atoms with Gasteiger partial charge < -0.3 is 4.74 Å². The molecule has 0 heterocycles. The minimum absolute atomic E-state index is 0.332. The van der Waals surface area contributed by atoms with Gasteiger partial charge in [-0.05, 0) is 54.8 Å². The minimum atomic E-state index is -0.332. The molecule has 0 fully saturated rings. The average molecular weight is 347 g/mol. The maximum Gasteiger partial charge on any atom is 0.343 e. The van der Waals surface area contributed by atoms with Gasteiger partial charge in [-0.15, -0.1) is 0 Å². The predicted octanol–water partition coefficient (Wildman–Crippen LogP) is 5.40. The van der Waals surface area contributed by atoms with Crippen molar-refractivity contribution in [3.05, 3.63) is 64.1 Å². The van der Waals surface area contributed by atoms with Crippen LogP contribution in [0.1, 0.15) is 42.1 Å². The average Bonchev–Trinajstić information content (AvgIpc) is 2.50. The molecule has 0 amide bonds. The van der Waals surface area contributed by atoms with E-state index in [0.717, 1.165) is 10.9 Å². The van der Waals surface area contributed by atoms with Gasteiger partial charge in [-0.2, -0.15) is 0 Å². The second-order valence-corrected chi connectivity index (χ2v) is 5.91. The van der Waals surface area contributed by atoms with Gasteiger partial charge in [0.25, 0.3) is 0 Å². The molecule has 0 bridgehead atoms. The third-order valence-corrected chi connectivity index (χ3v) is 3.81. The highest BCUT2D eigenvalue weighted by atomic mass is 79.9. The molecule has 0 aliphatic carbocycles. The number of benzene rings is 2. The SMILES string of the molecule is CCCCCc1ccc(OC(=O)c2ccc(Br)cc2)cc1. The zero-order valence-corrected chi connectivity index (χ0v) is 13.7. The van der Waals surface area contributed by atoms with Crippen LogP contribution >= 0.6 is 15.9 Å². The molecule has 2 aromatic carbocycles. The Morgan fingerprint density at radius 1 is 1.00 bits per heavy atom. The quantitative estimate of drug-likeness (QED) is 0.397. The number of hydrogen-bond donors (Lipinski definition) is 0. The molecule has 3 heteroatoms. The first-order valence-corrected chi connectivity index (χ1v) is 8.05. The number of esters is 1. The van der Waals surface area contributed by atoms with Crippen LogP contribution in [0, 0.1) is 0 Å². The molecular formula is C18H19BrO2. The number of halogens is 1. The lowest BCUT2D eigenvalue weighted by Crippen LogP contribution is -2.08. The maximum atomic E-state index is 12.0. The van der Waals surface area contributed by atoms with E-state index < -0.39 is 0 Å². The van der Waals surface area contributed by atoms with E-state index in [1.54, 1.807) is 12.1 Å². The Balaban J connectivity index is 1.93. The third kappa shape index (κ3) is 5.01. The first-order chi connectivity index (χ1) is 10.2. The molecule has 0 aliphatic rings. The number of rotatable bonds is 6. The van der Waals surface area contributed by atoms with Gasteiger partial charge in [-0.25, -0.2) is 4.79 Å². The largest absolute Gasteiger partial charge is 0.423 e. The zero-order chi connectivity index (χ0) is 15.1. The first-order valence-electron chi connectivity index (χ1n) is 7.25. The highest BCUT2D eigenvalue weighted by molar-refractivity contribution is 9.10. The normalized spacial score (nSPS) is 10.4. The van der Waals surface area contributed by atoms with Crippen molar-refractivity contribution < 1.29 is 9.53 Å². The van der Waals surface area contributed by atoms with Crippen LogP contribution in [-0.4, -0.2) is 5.97 Å². The Labute approximate surface area is 134 Å². The molecule has 2 rings (SSSR count). The van der Waals surface area contributed by atoms with Gasteiger partial charge in [0.2, 0.25) is 0 Å². The Hall–Kier alpha value is -1.61. The number of unbranched alkanes of at least 4 members (excludes halogenated alkanes) is 2. The van der Waals surface area contributed by atoms with Gasteiger partial charge in [-0.1, -0.05) is 47.8 Å². The molecule has 21 heavy (non-hydrogen) atoms. The summed E-state index contributed by atoms with van der Waals surface area (Å²) in [4.78, 5) is 12.0. The van der Waals surface area contributed by atoms with Crippen LogP contribution in [0.5, 0.6) is 5.75 Å². The summed E-state index contributed by atoms with van der Waals surface area (Å²) in [6, 6.07) is 14.9. The molecule has 2 aromatic rings. The van der Waals surface area contributed by atoms with Crippen molar-refractivity contribution in [1.29, 1.82) is 0 Å². The van der Waals surface area contributed by atoms with Crippen molar-refractivity contribution in [2.45, 2.75) is 32.6 Å². The second kappa shape index (κ2) is 7.99. The van der Waals surface area contributed by atoms with Crippen molar-refractivity contribution in [1.82, 2.24) is 0 Å². The first kappa shape index (κ1) is 15.8. The molecule has 0 N–H and O–H groups in total. The summed E-state index contributed by atoms with van der Waals surface area (Å²) in [5.41, 5.74) is 1.83. The van der Waals surface area contributed by atoms with E-state index >= 15 is 0 Å². The number of ether oxygens (including phenoxy) is 1. The molecule has 0 atom stereocenters. The summed E-state index contributed by atoms with van der Waals surface area (Å²) in [5.74, 6) is 0.253. The fourth-order valence-corrected chi connectivity index (χ4v) is 2.32. The van der Waals surface area contributed by atoms with Crippen LogP contribution in [0.25, 0.3) is 0 Å². The van der Waals surface area contributed by atoms with Crippen molar-refractivity contribution in [2.75, 3.05) is 0 Å². The fraction of sp³-hybridized carbons (Fsp3) is 0.278. The summed E-state index contributed by atoms with van der Waals surface area (Å²) in [6.45, 7) is 2.20. The standard InChI is InChI=1S/C18H19BrO2/c1-2-3-4-5-14-6-12-17(13-7-14)21-18(20)15-8-10-16(19)11-9-15/h6-13H,2-5H2,1H3. The van der Waals surface area contributed by atoms with Gasteiger partial charge >= 0.3 is 5.97 Å². The van der Waals surface area contributed by atoms with Gasteiger partial charge in [0.15, 0.2) is 0 Å². The molecule has 0 saturated heterocycles. The van der Waals surface area contributed by atoms with E-state index in [0.29, 0.717) is 11.3 Å². The molecule has 0 radical (unpaired) electrons. The van der Waals surface area contributed by atoms with Crippen LogP contribution < -0.4 is 4.74 Å². The van der Waals surface area contributed by atoms with Gasteiger partial charge in [0.05, 0.1) is 5.56 Å². The van der Waals surface area contributed by atoms with Crippen LogP contribution in [0.3, 0.4) is 0 Å². The predicted molar refractivity (Wildman–Crippen MR) is 88.8 cm³/mol. The number of carbonyl (C=O) groups is 1. The lowest BCUT2D eigenvalue weighted by Gasteiger charge is -2.06. The smallest absolute Gasteiger partial charge is 0.343 e. The number of carbonyl (C=O) groups excluding carboxylic acids is 1. The van der Waals surface area contributed by atoms with E-state index in [9.17, 15) is 4.79 Å². The van der Waals surface area contributed by atoms with Crippen LogP contribution in [-0.2, 0) is 6.42 Å². The minimum Gasteiger partial charge on any atom is -0.423 e. The Morgan fingerprint density at radius 3 is 2.29 bits per heavy atom. The molecule has 0 aliphatic heterocycles. The summed E-state index contributed by atoms with van der Waals surface area (Å²) in [7, 11) is 0. The highest BCUT2D eigenvalue weighted by Crippen LogP contribution is 2.17. The summed E-state index contributed by atoms with van der Waals surface area (Å²) < 4.78 is 6.31. The van der Waals surface area contributed by atoms with Crippen molar-refractivity contribution in [3.63, 3.8) is 0 Å². The van der Waals surface area contributed by atoms with E-state index in [1.807, 2.05) is 36.4 Å². The lowest BCUT2D eigenvalue weighted by molar-refractivity contribution is 0.0734. The van der Waals surface area contributed by atoms with Crippen molar-refractivity contribution in [3.8, 4) is 5.75 Å². The van der Waals surface area contributed by atoms with E-state index in [4.69, 9.17) is 4.74 Å². The monoisotopic (exact) mass is 346 g/mol. The number of hydrogen-bond acceptors (Lipinski definition) is 2. The molecule has 2 nitrogen and oxygen atoms in total. The third-order valence-electron chi connectivity index (χ3n) is 3.28. The zero-order valence-electron chi connectivity index (χ0n) is 12.1. The fourth-order valence-electron chi connectivity index (χ4n) is 2.06. The van der Waals surface area contributed by atoms with Crippen molar-refractivity contribution >= 4 is 21.9 Å². The van der Waals surface area contributed by atoms with Crippen LogP contribution in [0.2, 0.25) is 0 Å². The second-order valence-electron chi connectivity index (χ2n) is 5.00. The molecule has 0 aromatic heterocycles. The van der Waals surface area contributed by atoms with Gasteiger partial charge in [-0.3, -0.25) is 0 Å².